The molecule has 2 atom stereocenters. The van der Waals surface area contributed by atoms with Crippen molar-refractivity contribution < 1.29 is 42.9 Å². The Hall–Kier alpha value is -4.05. The summed E-state index contributed by atoms with van der Waals surface area (Å²) in [6, 6.07) is 0. The first-order chi connectivity index (χ1) is 43.6. The maximum atomic E-state index is 12.9. The number of aliphatic carboxylic acids is 1. The lowest BCUT2D eigenvalue weighted by molar-refractivity contribution is -0.870. The average molecular weight is 1240 g/mol. The van der Waals surface area contributed by atoms with Crippen LogP contribution in [-0.4, -0.2) is 82.3 Å². The number of allylic oxidation sites excluding steroid dienone is 18. The van der Waals surface area contributed by atoms with Gasteiger partial charge in [0.2, 0.25) is 0 Å². The second-order valence-corrected chi connectivity index (χ2v) is 25.8. The van der Waals surface area contributed by atoms with E-state index in [1.165, 1.54) is 186 Å². The maximum absolute atomic E-state index is 12.9. The second kappa shape index (κ2) is 69.8. The van der Waals surface area contributed by atoms with Gasteiger partial charge in [0.25, 0.3) is 0 Å². The van der Waals surface area contributed by atoms with Gasteiger partial charge in [-0.2, -0.15) is 0 Å². The molecule has 0 aliphatic rings. The van der Waals surface area contributed by atoms with Crippen LogP contribution in [0.3, 0.4) is 0 Å². The number of carboxylic acids is 1. The summed E-state index contributed by atoms with van der Waals surface area (Å²) in [4.78, 5) is 37.5. The maximum Gasteiger partial charge on any atom is 0.306 e. The monoisotopic (exact) mass is 1240 g/mol. The van der Waals surface area contributed by atoms with Crippen LogP contribution in [0.25, 0.3) is 0 Å². The van der Waals surface area contributed by atoms with Crippen LogP contribution in [0.4, 0.5) is 0 Å². The topological polar surface area (TPSA) is 111 Å². The van der Waals surface area contributed by atoms with E-state index in [-0.39, 0.29) is 32.2 Å². The standard InChI is InChI=1S/C80H139NO8/c1-6-8-10-12-14-16-18-20-22-24-26-28-30-32-33-34-35-36-37-38-39-40-41-42-43-44-45-47-48-50-52-54-56-58-60-62-64-66-68-70-77(82)87-74-76(75-88-80(79(84)85)86-73-72-81(3,4)5)89-78(83)71-69-67-65-63-61-59-57-55-53-51-49-46-31-29-27-25-23-21-19-17-15-13-11-9-7-2/h8-11,14-17,20-23,26-29,46,49,76,80H,6-7,12-13,18-19,24-25,30-45,47-48,50-75H2,1-5H3/b10-8-,11-9-,16-14-,17-15-,22-20-,23-21-,28-26-,29-27-,49-46-. The number of quaternary nitrogens is 1. The van der Waals surface area contributed by atoms with Gasteiger partial charge in [0, 0.05) is 12.8 Å². The Kier molecular flexibility index (Phi) is 66.7. The zero-order chi connectivity index (χ0) is 64.7. The van der Waals surface area contributed by atoms with Gasteiger partial charge in [-0.25, -0.2) is 0 Å². The fraction of sp³-hybridized carbons (Fsp3) is 0.738. The van der Waals surface area contributed by atoms with Crippen LogP contribution >= 0.6 is 0 Å². The SMILES string of the molecule is CC/C=C\C/C=C\C/C=C\C/C=C\C/C=C\CCCCCCCCCCCC(=O)OC(COC(=O)CCCCCCCCCCCCCCCCCCCCCCCCCCCC/C=C\C/C=C\C/C=C\C/C=C\CC)COC(OCC[N+](C)(C)C)C(=O)[O-]. The third-order valence-corrected chi connectivity index (χ3v) is 16.0. The van der Waals surface area contributed by atoms with Gasteiger partial charge in [-0.1, -0.05) is 322 Å². The molecule has 0 radical (unpaired) electrons. The summed E-state index contributed by atoms with van der Waals surface area (Å²) in [6.07, 6.45) is 94.8. The predicted molar refractivity (Wildman–Crippen MR) is 380 cm³/mol. The molecule has 0 aliphatic carbocycles. The fourth-order valence-electron chi connectivity index (χ4n) is 10.4. The van der Waals surface area contributed by atoms with Crippen molar-refractivity contribution in [1.29, 1.82) is 0 Å². The summed E-state index contributed by atoms with van der Waals surface area (Å²) in [5.74, 6) is -2.28. The molecule has 0 aromatic heterocycles. The number of esters is 2. The van der Waals surface area contributed by atoms with Crippen molar-refractivity contribution in [3.05, 3.63) is 109 Å². The van der Waals surface area contributed by atoms with E-state index in [0.29, 0.717) is 23.9 Å². The normalized spacial score (nSPS) is 13.3. The summed E-state index contributed by atoms with van der Waals surface area (Å²) >= 11 is 0. The quantitative estimate of drug-likeness (QED) is 0.0195. The second-order valence-electron chi connectivity index (χ2n) is 25.8. The van der Waals surface area contributed by atoms with Crippen molar-refractivity contribution in [2.75, 3.05) is 47.5 Å². The molecule has 0 aliphatic heterocycles. The number of likely N-dealkylation sites (N-methyl/N-ethyl adjacent to an activating group) is 1. The lowest BCUT2D eigenvalue weighted by Gasteiger charge is -2.26. The highest BCUT2D eigenvalue weighted by Crippen LogP contribution is 2.18. The van der Waals surface area contributed by atoms with Gasteiger partial charge in [-0.05, 0) is 96.3 Å². The first kappa shape index (κ1) is 85.0. The lowest BCUT2D eigenvalue weighted by atomic mass is 10.0. The Bertz CT molecular complexity index is 1830. The van der Waals surface area contributed by atoms with E-state index in [2.05, 4.69) is 123 Å². The van der Waals surface area contributed by atoms with Crippen molar-refractivity contribution in [2.45, 2.75) is 334 Å². The number of ether oxygens (including phenoxy) is 4. The molecule has 0 rings (SSSR count). The molecule has 0 aromatic rings. The average Bonchev–Trinajstić information content (AvgIpc) is 3.64. The fourth-order valence-corrected chi connectivity index (χ4v) is 10.4. The van der Waals surface area contributed by atoms with Gasteiger partial charge in [0.15, 0.2) is 12.4 Å². The van der Waals surface area contributed by atoms with Crippen LogP contribution in [0.5, 0.6) is 0 Å². The highest BCUT2D eigenvalue weighted by Gasteiger charge is 2.22. The highest BCUT2D eigenvalue weighted by atomic mass is 16.7. The third-order valence-electron chi connectivity index (χ3n) is 16.0. The number of hydrogen-bond donors (Lipinski definition) is 0. The van der Waals surface area contributed by atoms with E-state index in [1.54, 1.807) is 0 Å². The van der Waals surface area contributed by atoms with Crippen LogP contribution in [0.2, 0.25) is 0 Å². The number of carbonyl (C=O) groups is 3. The van der Waals surface area contributed by atoms with Crippen molar-refractivity contribution in [2.24, 2.45) is 0 Å². The molecule has 9 heteroatoms. The van der Waals surface area contributed by atoms with Gasteiger partial charge in [-0.3, -0.25) is 9.59 Å². The summed E-state index contributed by atoms with van der Waals surface area (Å²) in [5, 5.41) is 11.8. The lowest BCUT2D eigenvalue weighted by Crippen LogP contribution is -2.44. The van der Waals surface area contributed by atoms with E-state index >= 15 is 0 Å². The van der Waals surface area contributed by atoms with E-state index < -0.39 is 24.3 Å². The van der Waals surface area contributed by atoms with Gasteiger partial charge < -0.3 is 33.3 Å². The molecule has 0 aromatic carbocycles. The molecule has 512 valence electrons. The van der Waals surface area contributed by atoms with Crippen molar-refractivity contribution in [3.63, 3.8) is 0 Å². The minimum atomic E-state index is -1.63. The molecular weight excluding hydrogens is 1100 g/mol. The number of carboxylic acid groups (broad SMARTS) is 1. The largest absolute Gasteiger partial charge is 0.545 e. The smallest absolute Gasteiger partial charge is 0.306 e. The summed E-state index contributed by atoms with van der Waals surface area (Å²) in [5.41, 5.74) is 0. The van der Waals surface area contributed by atoms with Crippen LogP contribution in [0.15, 0.2) is 109 Å². The molecule has 0 fully saturated rings. The van der Waals surface area contributed by atoms with E-state index in [4.69, 9.17) is 18.9 Å². The molecule has 9 nitrogen and oxygen atoms in total. The summed E-state index contributed by atoms with van der Waals surface area (Å²) in [7, 11) is 5.93. The minimum absolute atomic E-state index is 0.144. The van der Waals surface area contributed by atoms with Crippen molar-refractivity contribution >= 4 is 17.9 Å². The minimum Gasteiger partial charge on any atom is -0.545 e. The molecule has 2 unspecified atom stereocenters. The molecule has 0 saturated heterocycles. The Balaban J connectivity index is 4.01. The van der Waals surface area contributed by atoms with Gasteiger partial charge in [0.1, 0.15) is 13.2 Å². The Morgan fingerprint density at radius 3 is 0.899 bits per heavy atom. The molecule has 0 heterocycles. The van der Waals surface area contributed by atoms with E-state index in [0.717, 1.165) is 103 Å². The number of rotatable bonds is 68. The first-order valence-corrected chi connectivity index (χ1v) is 37.0. The molecule has 0 spiro atoms. The summed E-state index contributed by atoms with van der Waals surface area (Å²) in [6.45, 7) is 4.54. The summed E-state index contributed by atoms with van der Waals surface area (Å²) < 4.78 is 22.8. The molecular formula is C80H139NO8. The zero-order valence-electron chi connectivity index (χ0n) is 58.5. The number of nitrogens with zero attached hydrogens (tertiary/aromatic N) is 1. The van der Waals surface area contributed by atoms with E-state index in [1.807, 2.05) is 21.1 Å². The number of hydrogen-bond acceptors (Lipinski definition) is 8. The number of unbranched alkanes of at least 4 members (excludes halogenated alkanes) is 35. The van der Waals surface area contributed by atoms with Gasteiger partial charge in [-0.15, -0.1) is 0 Å². The predicted octanol–water partition coefficient (Wildman–Crippen LogP) is 22.0. The van der Waals surface area contributed by atoms with Gasteiger partial charge >= 0.3 is 11.9 Å². The van der Waals surface area contributed by atoms with Crippen LogP contribution < -0.4 is 5.11 Å². The molecule has 89 heavy (non-hydrogen) atoms. The van der Waals surface area contributed by atoms with E-state index in [9.17, 15) is 19.5 Å². The molecule has 0 N–H and O–H groups in total. The van der Waals surface area contributed by atoms with Crippen LogP contribution in [0.1, 0.15) is 322 Å². The Morgan fingerprint density at radius 1 is 0.337 bits per heavy atom. The van der Waals surface area contributed by atoms with Crippen molar-refractivity contribution in [1.82, 2.24) is 0 Å². The van der Waals surface area contributed by atoms with Gasteiger partial charge in [0.05, 0.1) is 40.3 Å². The molecule has 0 saturated carbocycles. The van der Waals surface area contributed by atoms with Crippen LogP contribution in [0, 0.1) is 0 Å². The van der Waals surface area contributed by atoms with Crippen LogP contribution in [-0.2, 0) is 33.3 Å². The van der Waals surface area contributed by atoms with Crippen molar-refractivity contribution in [3.8, 4) is 0 Å². The number of carbonyl (C=O) groups excluding carboxylic acids is 3. The first-order valence-electron chi connectivity index (χ1n) is 37.0. The zero-order valence-corrected chi connectivity index (χ0v) is 58.5. The highest BCUT2D eigenvalue weighted by molar-refractivity contribution is 5.70. The molecule has 0 bridgehead atoms. The Labute approximate surface area is 549 Å². The Morgan fingerprint density at radius 2 is 0.607 bits per heavy atom. The third kappa shape index (κ3) is 71.3. The molecule has 0 amide bonds.